The number of hydrogen-bond donors (Lipinski definition) is 1. The van der Waals surface area contributed by atoms with Crippen molar-refractivity contribution in [3.05, 3.63) is 89.0 Å². The lowest BCUT2D eigenvalue weighted by atomic mass is 10.1. The third kappa shape index (κ3) is 4.88. The number of esters is 1. The van der Waals surface area contributed by atoms with Gasteiger partial charge in [-0.15, -0.1) is 0 Å². The van der Waals surface area contributed by atoms with Gasteiger partial charge in [0.1, 0.15) is 6.61 Å². The Hall–Kier alpha value is -3.79. The van der Waals surface area contributed by atoms with E-state index in [-0.39, 0.29) is 29.8 Å². The zero-order valence-corrected chi connectivity index (χ0v) is 18.9. The molecule has 0 unspecified atom stereocenters. The Morgan fingerprint density at radius 3 is 2.66 bits per heavy atom. The Labute approximate surface area is 202 Å². The van der Waals surface area contributed by atoms with Crippen molar-refractivity contribution in [2.75, 3.05) is 11.1 Å². The minimum absolute atomic E-state index is 0.00322. The number of halogens is 3. The highest BCUT2D eigenvalue weighted by Crippen LogP contribution is 2.33. The number of alkyl halides is 3. The predicted octanol–water partition coefficient (Wildman–Crippen LogP) is 5.50. The molecule has 35 heavy (non-hydrogen) atoms. The second kappa shape index (κ2) is 9.10. The molecule has 0 spiro atoms. The fourth-order valence-corrected chi connectivity index (χ4v) is 4.67. The smallest absolute Gasteiger partial charge is 0.416 e. The molecule has 5 rings (SSSR count). The number of nitrogens with zero attached hydrogens (tertiary/aromatic N) is 2. The lowest BCUT2D eigenvalue weighted by molar-refractivity contribution is -0.137. The van der Waals surface area contributed by atoms with Gasteiger partial charge in [-0.25, -0.2) is 9.78 Å². The van der Waals surface area contributed by atoms with Crippen LogP contribution in [0.2, 0.25) is 0 Å². The van der Waals surface area contributed by atoms with E-state index in [0.717, 1.165) is 29.5 Å². The van der Waals surface area contributed by atoms with Gasteiger partial charge in [-0.1, -0.05) is 42.1 Å². The fourth-order valence-electron chi connectivity index (χ4n) is 3.85. The Balaban J connectivity index is 1.37. The van der Waals surface area contributed by atoms with E-state index in [1.54, 1.807) is 22.8 Å². The number of carbonyl (C=O) groups is 2. The third-order valence-electron chi connectivity index (χ3n) is 5.52. The van der Waals surface area contributed by atoms with Gasteiger partial charge in [-0.2, -0.15) is 13.2 Å². The summed E-state index contributed by atoms with van der Waals surface area (Å²) < 4.78 is 46.4. The van der Waals surface area contributed by atoms with E-state index in [4.69, 9.17) is 4.74 Å². The Morgan fingerprint density at radius 2 is 1.89 bits per heavy atom. The Morgan fingerprint density at radius 1 is 1.09 bits per heavy atom. The predicted molar refractivity (Wildman–Crippen MR) is 125 cm³/mol. The number of fused-ring (bicyclic) bond motifs is 2. The normalized spacial score (nSPS) is 13.1. The molecule has 0 radical (unpaired) electrons. The number of anilines is 1. The monoisotopic (exact) mass is 497 g/mol. The van der Waals surface area contributed by atoms with E-state index in [0.29, 0.717) is 34.0 Å². The minimum Gasteiger partial charge on any atom is -0.457 e. The van der Waals surface area contributed by atoms with Crippen molar-refractivity contribution in [1.29, 1.82) is 0 Å². The molecular weight excluding hydrogens is 479 g/mol. The molecule has 3 aromatic carbocycles. The maximum absolute atomic E-state index is 13.2. The molecule has 10 heteroatoms. The van der Waals surface area contributed by atoms with Crippen molar-refractivity contribution in [2.24, 2.45) is 0 Å². The van der Waals surface area contributed by atoms with Crippen molar-refractivity contribution >= 4 is 40.4 Å². The fraction of sp³-hybridized carbons (Fsp3) is 0.160. The van der Waals surface area contributed by atoms with Crippen molar-refractivity contribution in [1.82, 2.24) is 9.55 Å². The van der Waals surface area contributed by atoms with Gasteiger partial charge in [0.15, 0.2) is 5.16 Å². The zero-order valence-electron chi connectivity index (χ0n) is 18.1. The number of thioether (sulfide) groups is 1. The number of nitrogens with one attached hydrogen (secondary N) is 1. The van der Waals surface area contributed by atoms with E-state index >= 15 is 0 Å². The van der Waals surface area contributed by atoms with Crippen LogP contribution in [0.1, 0.15) is 27.0 Å². The summed E-state index contributed by atoms with van der Waals surface area (Å²) in [5.41, 5.74) is 2.64. The van der Waals surface area contributed by atoms with Gasteiger partial charge >= 0.3 is 12.1 Å². The lowest BCUT2D eigenvalue weighted by Crippen LogP contribution is -2.15. The summed E-state index contributed by atoms with van der Waals surface area (Å²) in [6.45, 7) is 0.557. The number of benzene rings is 3. The summed E-state index contributed by atoms with van der Waals surface area (Å²) in [6.07, 6.45) is -4.48. The molecule has 1 aliphatic heterocycles. The Kier molecular flexibility index (Phi) is 5.98. The van der Waals surface area contributed by atoms with E-state index in [1.807, 2.05) is 30.3 Å². The molecule has 178 valence electrons. The molecule has 2 heterocycles. The summed E-state index contributed by atoms with van der Waals surface area (Å²) >= 11 is 1.14. The molecule has 1 aromatic heterocycles. The van der Waals surface area contributed by atoms with Gasteiger partial charge in [0.2, 0.25) is 5.91 Å². The quantitative estimate of drug-likeness (QED) is 0.281. The number of imidazole rings is 1. The number of ether oxygens (including phenoxy) is 1. The van der Waals surface area contributed by atoms with Crippen LogP contribution in [0.15, 0.2) is 71.9 Å². The van der Waals surface area contributed by atoms with Crippen LogP contribution in [0.5, 0.6) is 0 Å². The molecule has 0 bridgehead atoms. The first-order valence-electron chi connectivity index (χ1n) is 10.6. The van der Waals surface area contributed by atoms with E-state index in [9.17, 15) is 22.8 Å². The van der Waals surface area contributed by atoms with Crippen LogP contribution >= 0.6 is 11.8 Å². The first-order valence-corrected chi connectivity index (χ1v) is 11.6. The van der Waals surface area contributed by atoms with Gasteiger partial charge in [0.05, 0.1) is 34.5 Å². The van der Waals surface area contributed by atoms with E-state index < -0.39 is 11.7 Å². The molecule has 4 aromatic rings. The Bertz CT molecular complexity index is 1430. The minimum atomic E-state index is -4.48. The molecule has 0 saturated carbocycles. The number of amides is 1. The molecule has 6 nitrogen and oxygen atoms in total. The summed E-state index contributed by atoms with van der Waals surface area (Å²) in [5.74, 6) is -0.703. The van der Waals surface area contributed by atoms with Crippen molar-refractivity contribution < 1.29 is 27.5 Å². The largest absolute Gasteiger partial charge is 0.457 e. The standard InChI is InChI=1S/C25H18F3N3O3S/c26-25(27,28)17-6-9-21-20(11-17)30-24(31(21)12-15-4-2-1-3-5-15)35-14-22(32)29-18-7-8-19-16(10-18)13-34-23(19)33/h1-11H,12-14H2,(H,29,32). The lowest BCUT2D eigenvalue weighted by Gasteiger charge is -2.10. The average molecular weight is 497 g/mol. The first-order chi connectivity index (χ1) is 16.8. The van der Waals surface area contributed by atoms with Gasteiger partial charge in [-0.05, 0) is 42.0 Å². The summed E-state index contributed by atoms with van der Waals surface area (Å²) in [4.78, 5) is 28.6. The second-order valence-corrected chi connectivity index (χ2v) is 8.89. The maximum atomic E-state index is 13.2. The molecule has 1 aliphatic rings. The number of cyclic esters (lactones) is 1. The van der Waals surface area contributed by atoms with Crippen molar-refractivity contribution in [3.8, 4) is 0 Å². The molecular formula is C25H18F3N3O3S. The van der Waals surface area contributed by atoms with Crippen molar-refractivity contribution in [3.63, 3.8) is 0 Å². The second-order valence-electron chi connectivity index (χ2n) is 7.95. The van der Waals surface area contributed by atoms with Gasteiger partial charge in [0.25, 0.3) is 0 Å². The summed E-state index contributed by atoms with van der Waals surface area (Å²) in [7, 11) is 0. The molecule has 1 amide bonds. The van der Waals surface area contributed by atoms with Gasteiger partial charge < -0.3 is 14.6 Å². The molecule has 0 saturated heterocycles. The average Bonchev–Trinajstić information content (AvgIpc) is 3.37. The maximum Gasteiger partial charge on any atom is 0.416 e. The number of hydrogen-bond acceptors (Lipinski definition) is 5. The molecule has 0 aliphatic carbocycles. The van der Waals surface area contributed by atoms with Crippen LogP contribution < -0.4 is 5.32 Å². The number of aromatic nitrogens is 2. The van der Waals surface area contributed by atoms with Crippen LogP contribution in [0.3, 0.4) is 0 Å². The van der Waals surface area contributed by atoms with Crippen molar-refractivity contribution in [2.45, 2.75) is 24.5 Å². The molecule has 1 N–H and O–H groups in total. The van der Waals surface area contributed by atoms with Crippen LogP contribution in [0, 0.1) is 0 Å². The van der Waals surface area contributed by atoms with Gasteiger partial charge in [-0.3, -0.25) is 4.79 Å². The highest BCUT2D eigenvalue weighted by Gasteiger charge is 2.31. The molecule has 0 fully saturated rings. The topological polar surface area (TPSA) is 73.2 Å². The SMILES string of the molecule is O=C(CSc1nc2cc(C(F)(F)F)ccc2n1Cc1ccccc1)Nc1ccc2c(c1)COC2=O. The summed E-state index contributed by atoms with van der Waals surface area (Å²) in [6, 6.07) is 17.9. The third-order valence-corrected chi connectivity index (χ3v) is 6.50. The zero-order chi connectivity index (χ0) is 24.6. The van der Waals surface area contributed by atoms with E-state index in [1.165, 1.54) is 6.07 Å². The van der Waals surface area contributed by atoms with E-state index in [2.05, 4.69) is 10.3 Å². The van der Waals surface area contributed by atoms with Crippen LogP contribution in [0.25, 0.3) is 11.0 Å². The van der Waals surface area contributed by atoms with Crippen LogP contribution in [-0.4, -0.2) is 27.2 Å². The number of carbonyl (C=O) groups excluding carboxylic acids is 2. The molecule has 0 atom stereocenters. The highest BCUT2D eigenvalue weighted by molar-refractivity contribution is 7.99. The van der Waals surface area contributed by atoms with Crippen LogP contribution in [0.4, 0.5) is 18.9 Å². The number of rotatable bonds is 6. The first kappa shape index (κ1) is 23.0. The highest BCUT2D eigenvalue weighted by atomic mass is 32.2. The van der Waals surface area contributed by atoms with Crippen LogP contribution in [-0.2, 0) is 28.9 Å². The summed E-state index contributed by atoms with van der Waals surface area (Å²) in [5, 5.41) is 3.21. The van der Waals surface area contributed by atoms with Gasteiger partial charge in [0, 0.05) is 11.3 Å².